The smallest absolute Gasteiger partial charge is 0.312 e. The highest BCUT2D eigenvalue weighted by molar-refractivity contribution is 6.32. The molecule has 0 spiro atoms. The lowest BCUT2D eigenvalue weighted by molar-refractivity contribution is 0.249. The first-order valence-corrected chi connectivity index (χ1v) is 4.68. The Morgan fingerprint density at radius 2 is 2.07 bits per heavy atom. The van der Waals surface area contributed by atoms with Crippen molar-refractivity contribution in [3.05, 3.63) is 10.4 Å². The number of rotatable bonds is 4. The van der Waals surface area contributed by atoms with Crippen LogP contribution < -0.4 is 16.4 Å². The topological polar surface area (TPSA) is 106 Å². The van der Waals surface area contributed by atoms with Crippen molar-refractivity contribution in [1.29, 1.82) is 0 Å². The number of nitrogens with one attached hydrogen (secondary N) is 2. The van der Waals surface area contributed by atoms with Gasteiger partial charge in [-0.15, -0.1) is 10.2 Å². The summed E-state index contributed by atoms with van der Waals surface area (Å²) in [6.45, 7) is 0.741. The van der Waals surface area contributed by atoms with E-state index in [2.05, 4.69) is 25.8 Å². The molecule has 0 saturated heterocycles. The molecule has 0 radical (unpaired) electrons. The number of hydrogen-bond acceptors (Lipinski definition) is 5. The van der Waals surface area contributed by atoms with Crippen molar-refractivity contribution in [1.82, 2.24) is 20.5 Å². The minimum Gasteiger partial charge on any atom is -0.366 e. The summed E-state index contributed by atoms with van der Waals surface area (Å²) in [6, 6.07) is -0.596. The van der Waals surface area contributed by atoms with Crippen molar-refractivity contribution in [3.8, 4) is 0 Å². The van der Waals surface area contributed by atoms with Crippen LogP contribution in [-0.2, 0) is 0 Å². The Hall–Kier alpha value is -1.34. The summed E-state index contributed by atoms with van der Waals surface area (Å²) in [4.78, 5) is 14.1. The number of urea groups is 1. The van der Waals surface area contributed by atoms with Gasteiger partial charge in [0.15, 0.2) is 11.0 Å². The molecular weight excluding hydrogens is 243 g/mol. The van der Waals surface area contributed by atoms with E-state index in [1.165, 1.54) is 0 Å². The molecule has 0 bridgehead atoms. The molecule has 7 nitrogen and oxygen atoms in total. The molecule has 1 aromatic rings. The van der Waals surface area contributed by atoms with Crippen molar-refractivity contribution in [2.45, 2.75) is 0 Å². The monoisotopic (exact) mass is 250 g/mol. The fourth-order valence-corrected chi connectivity index (χ4v) is 1.04. The molecule has 1 aromatic heterocycles. The zero-order chi connectivity index (χ0) is 11.3. The Balaban J connectivity index is 2.43. The summed E-state index contributed by atoms with van der Waals surface area (Å²) in [5.41, 5.74) is 4.86. The lowest BCUT2D eigenvalue weighted by atomic mass is 10.6. The molecule has 0 saturated carbocycles. The molecule has 1 rings (SSSR count). The van der Waals surface area contributed by atoms with Crippen molar-refractivity contribution in [3.63, 3.8) is 0 Å². The van der Waals surface area contributed by atoms with Crippen molar-refractivity contribution in [2.24, 2.45) is 5.73 Å². The lowest BCUT2D eigenvalue weighted by Gasteiger charge is -2.06. The van der Waals surface area contributed by atoms with Crippen LogP contribution in [0, 0.1) is 0 Å². The molecule has 0 unspecified atom stereocenters. The van der Waals surface area contributed by atoms with E-state index in [9.17, 15) is 4.79 Å². The molecule has 82 valence electrons. The van der Waals surface area contributed by atoms with Crippen LogP contribution in [0.1, 0.15) is 0 Å². The van der Waals surface area contributed by atoms with Gasteiger partial charge < -0.3 is 16.4 Å². The number of amides is 2. The number of hydrogen-bond donors (Lipinski definition) is 3. The van der Waals surface area contributed by atoms with Gasteiger partial charge in [-0.2, -0.15) is 4.98 Å². The Morgan fingerprint density at radius 1 is 1.33 bits per heavy atom. The maximum atomic E-state index is 10.3. The molecule has 4 N–H and O–H groups in total. The summed E-state index contributed by atoms with van der Waals surface area (Å²) in [7, 11) is 0. The Kier molecular flexibility index (Phi) is 4.32. The minimum absolute atomic E-state index is 0.00948. The number of primary amides is 1. The second kappa shape index (κ2) is 5.52. The zero-order valence-electron chi connectivity index (χ0n) is 7.50. The van der Waals surface area contributed by atoms with Crippen molar-refractivity contribution >= 4 is 35.1 Å². The van der Waals surface area contributed by atoms with E-state index in [4.69, 9.17) is 28.9 Å². The highest BCUT2D eigenvalue weighted by Gasteiger charge is 2.04. The highest BCUT2D eigenvalue weighted by atomic mass is 35.5. The van der Waals surface area contributed by atoms with E-state index in [-0.39, 0.29) is 10.4 Å². The average Bonchev–Trinajstić information content (AvgIpc) is 2.17. The number of anilines is 1. The van der Waals surface area contributed by atoms with Crippen LogP contribution in [0.25, 0.3) is 0 Å². The predicted octanol–water partition coefficient (Wildman–Crippen LogP) is 0.259. The van der Waals surface area contributed by atoms with Gasteiger partial charge in [0.05, 0.1) is 0 Å². The van der Waals surface area contributed by atoms with Crippen molar-refractivity contribution in [2.75, 3.05) is 18.4 Å². The number of nitrogens with zero attached hydrogens (tertiary/aromatic N) is 3. The lowest BCUT2D eigenvalue weighted by Crippen LogP contribution is -2.33. The maximum Gasteiger partial charge on any atom is 0.312 e. The number of carbonyl (C=O) groups is 1. The molecule has 0 aliphatic heterocycles. The van der Waals surface area contributed by atoms with Crippen LogP contribution in [0.5, 0.6) is 0 Å². The van der Waals surface area contributed by atoms with E-state index in [0.717, 1.165) is 0 Å². The van der Waals surface area contributed by atoms with Gasteiger partial charge >= 0.3 is 6.03 Å². The average molecular weight is 251 g/mol. The second-order valence-corrected chi connectivity index (χ2v) is 3.13. The molecule has 0 atom stereocenters. The van der Waals surface area contributed by atoms with E-state index in [1.807, 2.05) is 0 Å². The molecule has 15 heavy (non-hydrogen) atoms. The van der Waals surface area contributed by atoms with Gasteiger partial charge in [-0.3, -0.25) is 0 Å². The van der Waals surface area contributed by atoms with E-state index < -0.39 is 6.03 Å². The van der Waals surface area contributed by atoms with Crippen LogP contribution in [0.2, 0.25) is 10.4 Å². The van der Waals surface area contributed by atoms with Gasteiger partial charge in [-0.05, 0) is 11.6 Å². The van der Waals surface area contributed by atoms with Crippen LogP contribution >= 0.6 is 23.2 Å². The van der Waals surface area contributed by atoms with Crippen LogP contribution in [-0.4, -0.2) is 34.3 Å². The second-order valence-electron chi connectivity index (χ2n) is 2.44. The molecule has 0 aliphatic carbocycles. The highest BCUT2D eigenvalue weighted by Crippen LogP contribution is 2.15. The van der Waals surface area contributed by atoms with Gasteiger partial charge in [-0.25, -0.2) is 4.79 Å². The van der Waals surface area contributed by atoms with E-state index >= 15 is 0 Å². The summed E-state index contributed by atoms with van der Waals surface area (Å²) >= 11 is 11.2. The number of aromatic nitrogens is 3. The Bertz CT molecular complexity index is 359. The molecule has 0 aliphatic rings. The number of halogens is 2. The summed E-state index contributed by atoms with van der Waals surface area (Å²) < 4.78 is 0. The Labute approximate surface area is 95.4 Å². The van der Waals surface area contributed by atoms with Crippen LogP contribution in [0.4, 0.5) is 10.6 Å². The molecule has 2 amide bonds. The minimum atomic E-state index is -0.596. The van der Waals surface area contributed by atoms with Gasteiger partial charge in [0.1, 0.15) is 0 Å². The zero-order valence-corrected chi connectivity index (χ0v) is 9.01. The standard InChI is InChI=1S/C6H8Cl2N6O/c7-3-4(12-5(8)14-13-3)10-1-2-11-6(9)15/h1-2H2,(H3,9,11,15)(H,10,12,14). The van der Waals surface area contributed by atoms with Gasteiger partial charge in [-0.1, -0.05) is 11.6 Å². The van der Waals surface area contributed by atoms with Gasteiger partial charge in [0.25, 0.3) is 0 Å². The SMILES string of the molecule is NC(=O)NCCNc1nc(Cl)nnc1Cl. The largest absolute Gasteiger partial charge is 0.366 e. The first-order chi connectivity index (χ1) is 7.09. The first kappa shape index (κ1) is 11.7. The number of nitrogens with two attached hydrogens (primary N) is 1. The summed E-state index contributed by atoms with van der Waals surface area (Å²) in [5.74, 6) is 0.308. The molecule has 0 aromatic carbocycles. The molecule has 9 heteroatoms. The maximum absolute atomic E-state index is 10.3. The summed E-state index contributed by atoms with van der Waals surface area (Å²) in [6.07, 6.45) is 0. The molecule has 1 heterocycles. The third-order valence-corrected chi connectivity index (χ3v) is 1.75. The third-order valence-electron chi connectivity index (χ3n) is 1.34. The van der Waals surface area contributed by atoms with E-state index in [0.29, 0.717) is 18.9 Å². The van der Waals surface area contributed by atoms with E-state index in [1.54, 1.807) is 0 Å². The molecule has 0 fully saturated rings. The van der Waals surface area contributed by atoms with Crippen LogP contribution in [0.3, 0.4) is 0 Å². The molecular formula is C6H8Cl2N6O. The quantitative estimate of drug-likeness (QED) is 0.665. The van der Waals surface area contributed by atoms with Crippen LogP contribution in [0.15, 0.2) is 0 Å². The normalized spacial score (nSPS) is 9.73. The third kappa shape index (κ3) is 4.13. The fraction of sp³-hybridized carbons (Fsp3) is 0.333. The fourth-order valence-electron chi connectivity index (χ4n) is 0.772. The Morgan fingerprint density at radius 3 is 2.73 bits per heavy atom. The predicted molar refractivity (Wildman–Crippen MR) is 55.9 cm³/mol. The summed E-state index contributed by atoms with van der Waals surface area (Å²) in [5, 5.41) is 12.3. The van der Waals surface area contributed by atoms with Gasteiger partial charge in [0, 0.05) is 13.1 Å². The number of carbonyl (C=O) groups excluding carboxylic acids is 1. The van der Waals surface area contributed by atoms with Crippen molar-refractivity contribution < 1.29 is 4.79 Å². The van der Waals surface area contributed by atoms with Gasteiger partial charge in [0.2, 0.25) is 5.28 Å². The first-order valence-electron chi connectivity index (χ1n) is 3.92.